The van der Waals surface area contributed by atoms with E-state index in [-0.39, 0.29) is 40.7 Å². The van der Waals surface area contributed by atoms with E-state index in [0.717, 1.165) is 6.42 Å². The maximum Gasteiger partial charge on any atom is 0 e. The molecule has 1 rings (SSSR count). The van der Waals surface area contributed by atoms with E-state index in [1.165, 1.54) is 0 Å². The first-order valence-corrected chi connectivity index (χ1v) is 1.82. The fourth-order valence-electron chi connectivity index (χ4n) is 0.393. The Bertz CT molecular complexity index is 62.5. The van der Waals surface area contributed by atoms with Crippen molar-refractivity contribution in [1.29, 1.82) is 0 Å². The van der Waals surface area contributed by atoms with Gasteiger partial charge < -0.3 is 14.9 Å². The van der Waals surface area contributed by atoms with Gasteiger partial charge in [-0.05, 0) is 6.42 Å². The van der Waals surface area contributed by atoms with Crippen LogP contribution in [-0.4, -0.2) is 0 Å². The third kappa shape index (κ3) is 6.35. The minimum atomic E-state index is 0. The molecule has 0 aromatic carbocycles. The van der Waals surface area contributed by atoms with E-state index >= 15 is 0 Å². The van der Waals surface area contributed by atoms with Gasteiger partial charge in [0, 0.05) is 25.8 Å². The summed E-state index contributed by atoms with van der Waals surface area (Å²) in [5.41, 5.74) is 0. The molecule has 1 heteroatoms. The van der Waals surface area contributed by atoms with Crippen molar-refractivity contribution in [3.8, 4) is 0 Å². The summed E-state index contributed by atoms with van der Waals surface area (Å²) in [4.78, 5) is 0. The Balaban J connectivity index is -0.0000000833. The van der Waals surface area contributed by atoms with E-state index in [2.05, 4.69) is 24.3 Å². The number of allylic oxidation sites excluding steroid dienone is 4. The zero-order chi connectivity index (χ0) is 3.54. The van der Waals surface area contributed by atoms with E-state index in [0.29, 0.717) is 0 Å². The molecule has 0 bridgehead atoms. The molecule has 0 amide bonds. The summed E-state index contributed by atoms with van der Waals surface area (Å²) in [5.74, 6) is 0. The molecule has 0 N–H and O–H groups in total. The van der Waals surface area contributed by atoms with E-state index < -0.39 is 0 Å². The zero-order valence-corrected chi connectivity index (χ0v) is 9.11. The largest absolute Gasteiger partial charge is 0.358 e. The fourth-order valence-corrected chi connectivity index (χ4v) is 0.393. The third-order valence-corrected chi connectivity index (χ3v) is 0.655. The minimum absolute atomic E-state index is 0. The molecule has 0 radical (unpaired) electrons. The van der Waals surface area contributed by atoms with Crippen LogP contribution in [0.25, 0.3) is 0 Å². The van der Waals surface area contributed by atoms with Crippen LogP contribution in [0.1, 0.15) is 6.42 Å². The molecule has 0 aromatic heterocycles. The Morgan fingerprint density at radius 2 is 1.25 bits per heavy atom. The van der Waals surface area contributed by atoms with Crippen molar-refractivity contribution < 1.29 is 25.8 Å². The summed E-state index contributed by atoms with van der Waals surface area (Å²) in [6.07, 6.45) is 9.50. The number of hydrogen-bond acceptors (Lipinski definition) is 0. The van der Waals surface area contributed by atoms with Crippen molar-refractivity contribution in [3.63, 3.8) is 0 Å². The van der Waals surface area contributed by atoms with Crippen LogP contribution >= 0.6 is 0 Å². The number of rotatable bonds is 0. The zero-order valence-electron chi connectivity index (χ0n) is 5.52. The summed E-state index contributed by atoms with van der Waals surface area (Å²) in [7, 11) is 0. The molecular weight excluding hydrogens is 263 g/mol. The van der Waals surface area contributed by atoms with Gasteiger partial charge in [-0.3, -0.25) is 0 Å². The van der Waals surface area contributed by atoms with Gasteiger partial charge in [-0.2, -0.15) is 0 Å². The molecule has 0 nitrogen and oxygen atoms in total. The van der Waals surface area contributed by atoms with Crippen molar-refractivity contribution in [2.45, 2.75) is 6.42 Å². The van der Waals surface area contributed by atoms with Crippen LogP contribution in [0, 0.1) is 14.9 Å². The average molecular weight is 275 g/mol. The predicted molar refractivity (Wildman–Crippen MR) is 35.7 cm³/mol. The molecule has 0 aliphatic heterocycles. The van der Waals surface area contributed by atoms with Crippen molar-refractivity contribution in [3.05, 3.63) is 39.2 Å². The van der Waals surface area contributed by atoms with Gasteiger partial charge in [0.25, 0.3) is 0 Å². The summed E-state index contributed by atoms with van der Waals surface area (Å²) < 4.78 is 0. The van der Waals surface area contributed by atoms with Crippen LogP contribution in [0.5, 0.6) is 0 Å². The average Bonchev–Trinajstić information content (AvgIpc) is 1.76. The fraction of sp³-hybridized carbons (Fsp3) is 0.143. The van der Waals surface area contributed by atoms with Crippen molar-refractivity contribution in [2.75, 3.05) is 0 Å². The molecule has 1 aliphatic carbocycles. The second-order valence-corrected chi connectivity index (χ2v) is 1.09. The van der Waals surface area contributed by atoms with Gasteiger partial charge in [0.15, 0.2) is 0 Å². The Labute approximate surface area is 71.5 Å². The Hall–Kier alpha value is 0.350. The second-order valence-electron chi connectivity index (χ2n) is 1.09. The van der Waals surface area contributed by atoms with Gasteiger partial charge in [0.1, 0.15) is 0 Å². The second kappa shape index (κ2) is 10.4. The predicted octanol–water partition coefficient (Wildman–Crippen LogP) is 2.40. The summed E-state index contributed by atoms with van der Waals surface area (Å²) in [6.45, 7) is 0. The maximum atomic E-state index is 2.12. The Kier molecular flexibility index (Phi) is 20.4. The van der Waals surface area contributed by atoms with Crippen molar-refractivity contribution in [2.24, 2.45) is 0 Å². The number of hydrogen-bond donors (Lipinski definition) is 0. The summed E-state index contributed by atoms with van der Waals surface area (Å²) >= 11 is 0. The topological polar surface area (TPSA) is 0 Å². The van der Waals surface area contributed by atoms with E-state index in [9.17, 15) is 0 Å². The molecule has 0 unspecified atom stereocenters. The third-order valence-electron chi connectivity index (χ3n) is 0.655. The van der Waals surface area contributed by atoms with Crippen LogP contribution in [0.15, 0.2) is 24.3 Å². The van der Waals surface area contributed by atoms with E-state index in [1.54, 1.807) is 0 Å². The molecule has 0 spiro atoms. The van der Waals surface area contributed by atoms with Crippen LogP contribution in [0.4, 0.5) is 0 Å². The van der Waals surface area contributed by atoms with Crippen LogP contribution in [0.3, 0.4) is 0 Å². The quantitative estimate of drug-likeness (QED) is 0.470. The smallest absolute Gasteiger partial charge is 0 e. The van der Waals surface area contributed by atoms with Crippen molar-refractivity contribution in [1.82, 2.24) is 0 Å². The standard InChI is InChI=1S/C5H6.2CH3.Hf/c1-2-4-5-3-1;;;/h1-4H,5H2;2*1H3;/q;2*-1;. The molecule has 46 valence electrons. The summed E-state index contributed by atoms with van der Waals surface area (Å²) in [6, 6.07) is 0. The van der Waals surface area contributed by atoms with Crippen LogP contribution < -0.4 is 0 Å². The molecule has 0 saturated heterocycles. The van der Waals surface area contributed by atoms with Crippen molar-refractivity contribution >= 4 is 0 Å². The van der Waals surface area contributed by atoms with Gasteiger partial charge in [-0.25, -0.2) is 0 Å². The molecule has 0 saturated carbocycles. The molecule has 0 atom stereocenters. The Morgan fingerprint density at radius 1 is 0.875 bits per heavy atom. The summed E-state index contributed by atoms with van der Waals surface area (Å²) in [5, 5.41) is 0. The molecule has 0 fully saturated rings. The minimum Gasteiger partial charge on any atom is -0.358 e. The molecule has 8 heavy (non-hydrogen) atoms. The normalized spacial score (nSPS) is 11.0. The first-order chi connectivity index (χ1) is 2.50. The molecule has 0 aromatic rings. The van der Waals surface area contributed by atoms with Gasteiger partial charge >= 0.3 is 0 Å². The SMILES string of the molecule is C1=CCC=C1.[CH3-].[CH3-].[Hf]. The van der Waals surface area contributed by atoms with Gasteiger partial charge in [0.05, 0.1) is 0 Å². The first-order valence-electron chi connectivity index (χ1n) is 1.82. The monoisotopic (exact) mass is 276 g/mol. The maximum absolute atomic E-state index is 2.12. The Morgan fingerprint density at radius 3 is 1.38 bits per heavy atom. The van der Waals surface area contributed by atoms with E-state index in [4.69, 9.17) is 0 Å². The van der Waals surface area contributed by atoms with Crippen LogP contribution in [0.2, 0.25) is 0 Å². The van der Waals surface area contributed by atoms with Crippen LogP contribution in [-0.2, 0) is 25.8 Å². The van der Waals surface area contributed by atoms with Gasteiger partial charge in [0.2, 0.25) is 0 Å². The molecular formula is C7H12Hf-2. The van der Waals surface area contributed by atoms with E-state index in [1.807, 2.05) is 0 Å². The first kappa shape index (κ1) is 15.8. The molecule has 0 heterocycles. The van der Waals surface area contributed by atoms with Gasteiger partial charge in [-0.15, -0.1) is 0 Å². The van der Waals surface area contributed by atoms with Gasteiger partial charge in [-0.1, -0.05) is 24.3 Å². The molecule has 1 aliphatic rings.